The zero-order chi connectivity index (χ0) is 34.6. The van der Waals surface area contributed by atoms with Gasteiger partial charge in [-0.05, 0) is 78.3 Å². The fourth-order valence-electron chi connectivity index (χ4n) is 6.09. The number of amides is 2. The van der Waals surface area contributed by atoms with E-state index in [-0.39, 0.29) is 18.9 Å². The molecule has 2 amide bonds. The quantitative estimate of drug-likeness (QED) is 0.125. The number of methoxy groups -OCH3 is 1. The van der Waals surface area contributed by atoms with E-state index in [9.17, 15) is 19.5 Å². The first kappa shape index (κ1) is 35.0. The number of ether oxygens (including phenoxy) is 1. The number of benzene rings is 3. The Morgan fingerprint density at radius 2 is 1.59 bits per heavy atom. The van der Waals surface area contributed by atoms with E-state index in [1.165, 1.54) is 42.6 Å². The molecule has 1 heterocycles. The average molecular weight is 661 g/mol. The van der Waals surface area contributed by atoms with Crippen molar-refractivity contribution in [1.82, 2.24) is 14.9 Å². The zero-order valence-electron chi connectivity index (χ0n) is 28.2. The lowest BCUT2D eigenvalue weighted by Crippen LogP contribution is -2.35. The van der Waals surface area contributed by atoms with Gasteiger partial charge in [-0.2, -0.15) is 0 Å². The van der Waals surface area contributed by atoms with Gasteiger partial charge in [0.05, 0.1) is 13.5 Å². The van der Waals surface area contributed by atoms with Gasteiger partial charge in [0.25, 0.3) is 5.91 Å². The van der Waals surface area contributed by atoms with Crippen molar-refractivity contribution >= 4 is 29.0 Å². The Bertz CT molecular complexity index is 1730. The third kappa shape index (κ3) is 10.1. The van der Waals surface area contributed by atoms with Gasteiger partial charge in [-0.15, -0.1) is 0 Å². The molecule has 0 spiro atoms. The maximum absolute atomic E-state index is 13.4. The number of anilines is 1. The predicted octanol–water partition coefficient (Wildman–Crippen LogP) is 7.82. The summed E-state index contributed by atoms with van der Waals surface area (Å²) < 4.78 is 5.15. The van der Waals surface area contributed by atoms with Crippen molar-refractivity contribution in [1.29, 1.82) is 0 Å². The Morgan fingerprint density at radius 1 is 0.898 bits per heavy atom. The first-order valence-corrected chi connectivity index (χ1v) is 17.0. The highest BCUT2D eigenvalue weighted by Gasteiger charge is 2.20. The van der Waals surface area contributed by atoms with E-state index in [2.05, 4.69) is 28.3 Å². The van der Waals surface area contributed by atoms with Crippen LogP contribution in [0.5, 0.6) is 5.75 Å². The van der Waals surface area contributed by atoms with Gasteiger partial charge in [0, 0.05) is 41.3 Å². The van der Waals surface area contributed by atoms with E-state index in [0.717, 1.165) is 41.0 Å². The molecule has 49 heavy (non-hydrogen) atoms. The van der Waals surface area contributed by atoms with Crippen molar-refractivity contribution in [2.24, 2.45) is 5.92 Å². The van der Waals surface area contributed by atoms with Crippen LogP contribution in [0.1, 0.15) is 78.9 Å². The van der Waals surface area contributed by atoms with E-state index in [1.54, 1.807) is 43.5 Å². The molecular weight excluding hydrogens is 616 g/mol. The van der Waals surface area contributed by atoms with Gasteiger partial charge in [0.2, 0.25) is 5.91 Å². The molecular formula is C40H44N4O5. The molecule has 1 aromatic heterocycles. The topological polar surface area (TPSA) is 122 Å². The van der Waals surface area contributed by atoms with Crippen molar-refractivity contribution in [3.8, 4) is 17.1 Å². The van der Waals surface area contributed by atoms with Gasteiger partial charge in [0.1, 0.15) is 12.3 Å². The van der Waals surface area contributed by atoms with Crippen LogP contribution < -0.4 is 10.1 Å². The summed E-state index contributed by atoms with van der Waals surface area (Å²) in [5.74, 6) is 0.374. The Labute approximate surface area is 288 Å². The normalized spacial score (nSPS) is 14.1. The van der Waals surface area contributed by atoms with Gasteiger partial charge in [-0.25, -0.2) is 9.97 Å². The summed E-state index contributed by atoms with van der Waals surface area (Å²) >= 11 is 0. The number of carboxylic acids is 1. The molecule has 4 aromatic rings. The average Bonchev–Trinajstić information content (AvgIpc) is 3.12. The standard InChI is InChI=1S/C40H44N4O5/c1-3-4-5-6-28-7-13-31(14-8-28)34-24-41-39(42-25-34)32-15-9-30(10-16-32)26-44(27-38(46)47)40(48)33-17-19-35(20-18-33)43-37(45)23-29-11-21-36(49-2)22-12-29/h9-13,15-22,24-25,28H,3-8,14,23,26-27H2,1-2H3,(H,43,45)(H,46,47). The first-order chi connectivity index (χ1) is 23.8. The summed E-state index contributed by atoms with van der Waals surface area (Å²) in [7, 11) is 1.59. The highest BCUT2D eigenvalue weighted by atomic mass is 16.5. The van der Waals surface area contributed by atoms with E-state index in [4.69, 9.17) is 4.74 Å². The summed E-state index contributed by atoms with van der Waals surface area (Å²) in [4.78, 5) is 48.1. The summed E-state index contributed by atoms with van der Waals surface area (Å²) in [6.45, 7) is 1.90. The molecule has 0 bridgehead atoms. The largest absolute Gasteiger partial charge is 0.497 e. The number of carbonyl (C=O) groups excluding carboxylic acids is 2. The number of unbranched alkanes of at least 4 members (excludes halogenated alkanes) is 2. The van der Waals surface area contributed by atoms with E-state index >= 15 is 0 Å². The third-order valence-corrected chi connectivity index (χ3v) is 8.90. The molecule has 9 heteroatoms. The van der Waals surface area contributed by atoms with Gasteiger partial charge in [-0.1, -0.05) is 75.1 Å². The minimum absolute atomic E-state index is 0.110. The van der Waals surface area contributed by atoms with Crippen molar-refractivity contribution in [2.75, 3.05) is 19.0 Å². The monoisotopic (exact) mass is 660 g/mol. The first-order valence-electron chi connectivity index (χ1n) is 17.0. The number of carbonyl (C=O) groups is 3. The number of carboxylic acid groups (broad SMARTS) is 1. The molecule has 0 fully saturated rings. The minimum atomic E-state index is -1.11. The fraction of sp³-hybridized carbons (Fsp3) is 0.325. The molecule has 3 aromatic carbocycles. The van der Waals surface area contributed by atoms with Crippen LogP contribution in [0.15, 0.2) is 91.3 Å². The number of hydrogen-bond acceptors (Lipinski definition) is 6. The number of hydrogen-bond donors (Lipinski definition) is 2. The molecule has 0 saturated carbocycles. The second kappa shape index (κ2) is 17.2. The van der Waals surface area contributed by atoms with Crippen LogP contribution in [-0.4, -0.2) is 51.4 Å². The zero-order valence-corrected chi connectivity index (χ0v) is 28.2. The van der Waals surface area contributed by atoms with Gasteiger partial charge in [-0.3, -0.25) is 14.4 Å². The molecule has 0 saturated heterocycles. The lowest BCUT2D eigenvalue weighted by Gasteiger charge is -2.22. The van der Waals surface area contributed by atoms with Crippen LogP contribution >= 0.6 is 0 Å². The van der Waals surface area contributed by atoms with E-state index in [0.29, 0.717) is 22.8 Å². The highest BCUT2D eigenvalue weighted by Crippen LogP contribution is 2.32. The smallest absolute Gasteiger partial charge is 0.323 e. The molecule has 1 atom stereocenters. The fourth-order valence-corrected chi connectivity index (χ4v) is 6.09. The van der Waals surface area contributed by atoms with Gasteiger partial charge in [0.15, 0.2) is 5.82 Å². The summed E-state index contributed by atoms with van der Waals surface area (Å²) in [6.07, 6.45) is 14.9. The van der Waals surface area contributed by atoms with Crippen molar-refractivity contribution in [3.05, 3.63) is 114 Å². The molecule has 254 valence electrons. The van der Waals surface area contributed by atoms with Crippen LogP contribution in [0.4, 0.5) is 5.69 Å². The molecule has 1 aliphatic rings. The second-order valence-corrected chi connectivity index (χ2v) is 12.6. The maximum atomic E-state index is 13.4. The van der Waals surface area contributed by atoms with E-state index < -0.39 is 18.4 Å². The van der Waals surface area contributed by atoms with Crippen LogP contribution in [0.3, 0.4) is 0 Å². The predicted molar refractivity (Wildman–Crippen MR) is 191 cm³/mol. The van der Waals surface area contributed by atoms with Crippen LogP contribution in [0.2, 0.25) is 0 Å². The third-order valence-electron chi connectivity index (χ3n) is 8.90. The van der Waals surface area contributed by atoms with Crippen molar-refractivity contribution < 1.29 is 24.2 Å². The number of allylic oxidation sites excluding steroid dienone is 2. The Morgan fingerprint density at radius 3 is 2.20 bits per heavy atom. The maximum Gasteiger partial charge on any atom is 0.323 e. The lowest BCUT2D eigenvalue weighted by molar-refractivity contribution is -0.137. The van der Waals surface area contributed by atoms with Crippen LogP contribution in [-0.2, 0) is 22.6 Å². The molecule has 0 aliphatic heterocycles. The molecule has 1 aliphatic carbocycles. The second-order valence-electron chi connectivity index (χ2n) is 12.6. The van der Waals surface area contributed by atoms with Crippen LogP contribution in [0.25, 0.3) is 17.0 Å². The number of nitrogens with one attached hydrogen (secondary N) is 1. The van der Waals surface area contributed by atoms with Crippen molar-refractivity contribution in [3.63, 3.8) is 0 Å². The number of aliphatic carboxylic acids is 1. The highest BCUT2D eigenvalue weighted by molar-refractivity contribution is 5.97. The molecule has 2 N–H and O–H groups in total. The molecule has 1 unspecified atom stereocenters. The number of nitrogens with zero attached hydrogens (tertiary/aromatic N) is 3. The Balaban J connectivity index is 1.17. The summed E-state index contributed by atoms with van der Waals surface area (Å²) in [6, 6.07) is 21.2. The van der Waals surface area contributed by atoms with E-state index in [1.807, 2.05) is 48.8 Å². The number of rotatable bonds is 15. The Hall–Kier alpha value is -5.31. The summed E-state index contributed by atoms with van der Waals surface area (Å²) in [5.41, 5.74) is 5.70. The minimum Gasteiger partial charge on any atom is -0.497 e. The Kier molecular flexibility index (Phi) is 12.3. The molecule has 0 radical (unpaired) electrons. The molecule has 5 rings (SSSR count). The van der Waals surface area contributed by atoms with Crippen molar-refractivity contribution in [2.45, 2.75) is 64.8 Å². The van der Waals surface area contributed by atoms with Gasteiger partial charge >= 0.3 is 5.97 Å². The lowest BCUT2D eigenvalue weighted by atomic mass is 9.84. The van der Waals surface area contributed by atoms with Crippen LogP contribution in [0, 0.1) is 5.92 Å². The molecule has 9 nitrogen and oxygen atoms in total. The van der Waals surface area contributed by atoms with Gasteiger partial charge < -0.3 is 20.1 Å². The summed E-state index contributed by atoms with van der Waals surface area (Å²) in [5, 5.41) is 12.4. The SMILES string of the molecule is CCCCCC1CC=C(c2cnc(-c3ccc(CN(CC(=O)O)C(=O)c4ccc(NC(=O)Cc5ccc(OC)cc5)cc4)cc3)nc2)CC1. The number of aromatic nitrogens is 2.